The summed E-state index contributed by atoms with van der Waals surface area (Å²) >= 11 is 0. The van der Waals surface area contributed by atoms with Gasteiger partial charge >= 0.3 is 0 Å². The van der Waals surface area contributed by atoms with Crippen LogP contribution in [-0.4, -0.2) is 35.1 Å². The molecule has 1 aliphatic rings. The summed E-state index contributed by atoms with van der Waals surface area (Å²) in [6.45, 7) is 1.54. The molecule has 0 bridgehead atoms. The zero-order valence-corrected chi connectivity index (χ0v) is 7.79. The van der Waals surface area contributed by atoms with E-state index in [0.717, 1.165) is 25.7 Å². The van der Waals surface area contributed by atoms with Crippen LogP contribution in [0.25, 0.3) is 0 Å². The largest absolute Gasteiger partial charge is 0.391 e. The summed E-state index contributed by atoms with van der Waals surface area (Å²) in [4.78, 5) is 12.7. The van der Waals surface area contributed by atoms with E-state index in [1.807, 2.05) is 0 Å². The topological polar surface area (TPSA) is 40.5 Å². The Kier molecular flexibility index (Phi) is 3.09. The van der Waals surface area contributed by atoms with Gasteiger partial charge in [-0.3, -0.25) is 4.79 Å². The molecule has 70 valence electrons. The van der Waals surface area contributed by atoms with E-state index >= 15 is 0 Å². The van der Waals surface area contributed by atoms with Crippen molar-refractivity contribution in [3.8, 4) is 0 Å². The van der Waals surface area contributed by atoms with Crippen LogP contribution < -0.4 is 0 Å². The first-order valence-corrected chi connectivity index (χ1v) is 4.54. The third-order valence-electron chi connectivity index (χ3n) is 2.69. The van der Waals surface area contributed by atoms with Crippen molar-refractivity contribution >= 4 is 5.91 Å². The maximum atomic E-state index is 11.0. The number of likely N-dealkylation sites (N-methyl/N-ethyl adjacent to an activating group) is 1. The summed E-state index contributed by atoms with van der Waals surface area (Å²) in [5.74, 6) is 0.0425. The summed E-state index contributed by atoms with van der Waals surface area (Å²) in [5, 5.41) is 9.59. The highest BCUT2D eigenvalue weighted by molar-refractivity contribution is 5.73. The molecule has 0 heterocycles. The minimum atomic E-state index is -0.312. The molecule has 1 saturated carbocycles. The fraction of sp³-hybridized carbons (Fsp3) is 0.889. The van der Waals surface area contributed by atoms with Gasteiger partial charge in [0.25, 0.3) is 0 Å². The minimum Gasteiger partial charge on any atom is -0.391 e. The van der Waals surface area contributed by atoms with Gasteiger partial charge in [-0.1, -0.05) is 12.8 Å². The SMILES string of the molecule is CC(=O)N(C)C1CCCCC1O. The average Bonchev–Trinajstić information content (AvgIpc) is 2.04. The fourth-order valence-corrected chi connectivity index (χ4v) is 1.78. The maximum absolute atomic E-state index is 11.0. The number of carbonyl (C=O) groups excluding carboxylic acids is 1. The Hall–Kier alpha value is -0.570. The molecule has 1 amide bonds. The van der Waals surface area contributed by atoms with Gasteiger partial charge in [-0.2, -0.15) is 0 Å². The van der Waals surface area contributed by atoms with Crippen LogP contribution in [0.5, 0.6) is 0 Å². The number of rotatable bonds is 1. The third kappa shape index (κ3) is 1.97. The molecule has 2 atom stereocenters. The van der Waals surface area contributed by atoms with Gasteiger partial charge in [0.15, 0.2) is 0 Å². The molecule has 1 N–H and O–H groups in total. The molecule has 0 aromatic rings. The smallest absolute Gasteiger partial charge is 0.219 e. The predicted molar refractivity (Wildman–Crippen MR) is 46.7 cm³/mol. The van der Waals surface area contributed by atoms with E-state index in [2.05, 4.69) is 0 Å². The Balaban J connectivity index is 2.53. The van der Waals surface area contributed by atoms with Crippen LogP contribution in [0.1, 0.15) is 32.6 Å². The van der Waals surface area contributed by atoms with Crippen molar-refractivity contribution in [1.29, 1.82) is 0 Å². The van der Waals surface area contributed by atoms with Gasteiger partial charge in [0.1, 0.15) is 0 Å². The van der Waals surface area contributed by atoms with Gasteiger partial charge < -0.3 is 10.0 Å². The number of hydrogen-bond acceptors (Lipinski definition) is 2. The highest BCUT2D eigenvalue weighted by Gasteiger charge is 2.27. The Morgan fingerprint density at radius 2 is 2.00 bits per heavy atom. The van der Waals surface area contributed by atoms with E-state index in [4.69, 9.17) is 0 Å². The maximum Gasteiger partial charge on any atom is 0.219 e. The third-order valence-corrected chi connectivity index (χ3v) is 2.69. The summed E-state index contributed by atoms with van der Waals surface area (Å²) in [6.07, 6.45) is 3.68. The first-order valence-electron chi connectivity index (χ1n) is 4.54. The van der Waals surface area contributed by atoms with Gasteiger partial charge in [0, 0.05) is 14.0 Å². The van der Waals surface area contributed by atoms with Crippen molar-refractivity contribution in [1.82, 2.24) is 4.90 Å². The molecule has 3 heteroatoms. The number of carbonyl (C=O) groups is 1. The molecule has 1 rings (SSSR count). The summed E-state index contributed by atoms with van der Waals surface area (Å²) in [5.41, 5.74) is 0. The van der Waals surface area contributed by atoms with Crippen molar-refractivity contribution in [2.75, 3.05) is 7.05 Å². The van der Waals surface area contributed by atoms with E-state index in [0.29, 0.717) is 0 Å². The summed E-state index contributed by atoms with van der Waals surface area (Å²) in [6, 6.07) is 0.0521. The van der Waals surface area contributed by atoms with Crippen molar-refractivity contribution in [3.05, 3.63) is 0 Å². The lowest BCUT2D eigenvalue weighted by molar-refractivity contribution is -0.132. The zero-order valence-electron chi connectivity index (χ0n) is 7.79. The molecule has 0 radical (unpaired) electrons. The predicted octanol–water partition coefficient (Wildman–Crippen LogP) is 0.768. The molecular formula is C9H17NO2. The van der Waals surface area contributed by atoms with E-state index in [1.54, 1.807) is 18.9 Å². The quantitative estimate of drug-likeness (QED) is 0.633. The number of amides is 1. The molecule has 1 fully saturated rings. The monoisotopic (exact) mass is 171 g/mol. The average molecular weight is 171 g/mol. The van der Waals surface area contributed by atoms with Crippen LogP contribution in [0.4, 0.5) is 0 Å². The first kappa shape index (κ1) is 9.52. The van der Waals surface area contributed by atoms with Crippen LogP contribution in [-0.2, 0) is 4.79 Å². The molecule has 0 saturated heterocycles. The molecular weight excluding hydrogens is 154 g/mol. The Labute approximate surface area is 73.4 Å². The van der Waals surface area contributed by atoms with Crippen LogP contribution in [0.15, 0.2) is 0 Å². The molecule has 0 aromatic carbocycles. The second-order valence-corrected chi connectivity index (χ2v) is 3.55. The number of aliphatic hydroxyl groups excluding tert-OH is 1. The Morgan fingerprint density at radius 3 is 2.50 bits per heavy atom. The number of hydrogen-bond donors (Lipinski definition) is 1. The minimum absolute atomic E-state index is 0.0425. The lowest BCUT2D eigenvalue weighted by Crippen LogP contribution is -2.45. The Morgan fingerprint density at radius 1 is 1.42 bits per heavy atom. The van der Waals surface area contributed by atoms with Crippen LogP contribution in [0.3, 0.4) is 0 Å². The van der Waals surface area contributed by atoms with Crippen molar-refractivity contribution in [3.63, 3.8) is 0 Å². The molecule has 0 spiro atoms. The van der Waals surface area contributed by atoms with Gasteiger partial charge in [-0.05, 0) is 12.8 Å². The molecule has 1 aliphatic carbocycles. The van der Waals surface area contributed by atoms with Crippen LogP contribution in [0, 0.1) is 0 Å². The van der Waals surface area contributed by atoms with Crippen molar-refractivity contribution in [2.45, 2.75) is 44.8 Å². The second-order valence-electron chi connectivity index (χ2n) is 3.55. The molecule has 3 nitrogen and oxygen atoms in total. The lowest BCUT2D eigenvalue weighted by Gasteiger charge is -2.34. The lowest BCUT2D eigenvalue weighted by atomic mass is 9.91. The number of aliphatic hydroxyl groups is 1. The Bertz CT molecular complexity index is 170. The van der Waals surface area contributed by atoms with Gasteiger partial charge in [-0.25, -0.2) is 0 Å². The molecule has 0 aromatic heterocycles. The van der Waals surface area contributed by atoms with Gasteiger partial charge in [-0.15, -0.1) is 0 Å². The number of nitrogens with zero attached hydrogens (tertiary/aromatic N) is 1. The summed E-state index contributed by atoms with van der Waals surface area (Å²) < 4.78 is 0. The zero-order chi connectivity index (χ0) is 9.14. The highest BCUT2D eigenvalue weighted by Crippen LogP contribution is 2.22. The molecule has 12 heavy (non-hydrogen) atoms. The van der Waals surface area contributed by atoms with E-state index in [9.17, 15) is 9.90 Å². The standard InChI is InChI=1S/C9H17NO2/c1-7(11)10(2)8-5-3-4-6-9(8)12/h8-9,12H,3-6H2,1-2H3. The van der Waals surface area contributed by atoms with Gasteiger partial charge in [0.2, 0.25) is 5.91 Å². The van der Waals surface area contributed by atoms with E-state index in [1.165, 1.54) is 0 Å². The highest BCUT2D eigenvalue weighted by atomic mass is 16.3. The first-order chi connectivity index (χ1) is 5.63. The summed E-state index contributed by atoms with van der Waals surface area (Å²) in [7, 11) is 1.77. The van der Waals surface area contributed by atoms with Crippen molar-refractivity contribution in [2.24, 2.45) is 0 Å². The molecule has 2 unspecified atom stereocenters. The molecule has 0 aliphatic heterocycles. The van der Waals surface area contributed by atoms with Crippen LogP contribution in [0.2, 0.25) is 0 Å². The van der Waals surface area contributed by atoms with Crippen LogP contribution >= 0.6 is 0 Å². The van der Waals surface area contributed by atoms with Crippen molar-refractivity contribution < 1.29 is 9.90 Å². The second kappa shape index (κ2) is 3.90. The fourth-order valence-electron chi connectivity index (χ4n) is 1.78. The van der Waals surface area contributed by atoms with E-state index < -0.39 is 0 Å². The normalized spacial score (nSPS) is 29.9. The van der Waals surface area contributed by atoms with Gasteiger partial charge in [0.05, 0.1) is 12.1 Å². The van der Waals surface area contributed by atoms with E-state index in [-0.39, 0.29) is 18.1 Å².